The van der Waals surface area contributed by atoms with Gasteiger partial charge in [0.15, 0.2) is 5.69 Å². The Morgan fingerprint density at radius 3 is 2.06 bits per heavy atom. The van der Waals surface area contributed by atoms with E-state index < -0.39 is 12.3 Å². The Bertz CT molecular complexity index is 1180. The quantitative estimate of drug-likeness (QED) is 0.332. The molecule has 1 aromatic heterocycles. The van der Waals surface area contributed by atoms with Crippen molar-refractivity contribution in [3.63, 3.8) is 0 Å². The summed E-state index contributed by atoms with van der Waals surface area (Å²) in [5, 5.41) is 0. The monoisotopic (exact) mass is 439 g/mol. The van der Waals surface area contributed by atoms with Gasteiger partial charge in [-0.3, -0.25) is 0 Å². The number of ether oxygens (including phenoxy) is 2. The van der Waals surface area contributed by atoms with Crippen molar-refractivity contribution in [2.45, 2.75) is 13.0 Å². The molecule has 0 fully saturated rings. The zero-order chi connectivity index (χ0) is 22.6. The van der Waals surface area contributed by atoms with Gasteiger partial charge in [-0.25, -0.2) is 9.78 Å². The topological polar surface area (TPSA) is 61.6 Å². The first-order valence-corrected chi connectivity index (χ1v) is 9.50. The standard InChI is InChI=1S/C24H16F3NO4/c25-24(26,27)32-20-12-10-18(11-13-20)17-6-8-19(9-7-17)22-28-21(15-30-22)23(29)31-14-16-4-2-1-3-5-16/h1-13,15H,14H2. The fourth-order valence-corrected chi connectivity index (χ4v) is 2.95. The van der Waals surface area contributed by atoms with E-state index in [0.29, 0.717) is 11.1 Å². The van der Waals surface area contributed by atoms with Gasteiger partial charge in [0.1, 0.15) is 18.6 Å². The highest BCUT2D eigenvalue weighted by atomic mass is 19.4. The molecule has 0 bridgehead atoms. The van der Waals surface area contributed by atoms with Gasteiger partial charge in [-0.15, -0.1) is 13.2 Å². The number of oxazole rings is 1. The van der Waals surface area contributed by atoms with Crippen molar-refractivity contribution in [1.29, 1.82) is 0 Å². The molecule has 1 heterocycles. The van der Waals surface area contributed by atoms with Gasteiger partial charge < -0.3 is 13.9 Å². The summed E-state index contributed by atoms with van der Waals surface area (Å²) in [4.78, 5) is 16.4. The molecule has 4 rings (SSSR count). The molecule has 0 saturated heterocycles. The Kier molecular flexibility index (Phi) is 5.93. The second-order valence-electron chi connectivity index (χ2n) is 6.75. The van der Waals surface area contributed by atoms with Gasteiger partial charge in [-0.05, 0) is 41.0 Å². The lowest BCUT2D eigenvalue weighted by atomic mass is 10.0. The summed E-state index contributed by atoms with van der Waals surface area (Å²) in [5.74, 6) is -0.636. The van der Waals surface area contributed by atoms with Crippen molar-refractivity contribution < 1.29 is 31.9 Å². The fraction of sp³-hybridized carbons (Fsp3) is 0.0833. The molecule has 32 heavy (non-hydrogen) atoms. The van der Waals surface area contributed by atoms with Crippen LogP contribution in [0.1, 0.15) is 16.1 Å². The highest BCUT2D eigenvalue weighted by molar-refractivity contribution is 5.87. The van der Waals surface area contributed by atoms with Crippen molar-refractivity contribution in [3.8, 4) is 28.3 Å². The van der Waals surface area contributed by atoms with E-state index in [1.54, 1.807) is 24.3 Å². The second-order valence-corrected chi connectivity index (χ2v) is 6.75. The van der Waals surface area contributed by atoms with Crippen LogP contribution in [0.2, 0.25) is 0 Å². The Hall–Kier alpha value is -4.07. The molecule has 0 aliphatic heterocycles. The van der Waals surface area contributed by atoms with E-state index in [9.17, 15) is 18.0 Å². The molecule has 8 heteroatoms. The molecule has 0 saturated carbocycles. The van der Waals surface area contributed by atoms with Gasteiger partial charge in [0.05, 0.1) is 0 Å². The molecule has 0 N–H and O–H groups in total. The van der Waals surface area contributed by atoms with Crippen molar-refractivity contribution in [2.24, 2.45) is 0 Å². The number of carbonyl (C=O) groups is 1. The lowest BCUT2D eigenvalue weighted by molar-refractivity contribution is -0.274. The molecule has 0 unspecified atom stereocenters. The van der Waals surface area contributed by atoms with Crippen LogP contribution >= 0.6 is 0 Å². The summed E-state index contributed by atoms with van der Waals surface area (Å²) in [7, 11) is 0. The molecule has 0 spiro atoms. The van der Waals surface area contributed by atoms with Crippen molar-refractivity contribution in [3.05, 3.63) is 96.4 Å². The van der Waals surface area contributed by atoms with Crippen molar-refractivity contribution in [1.82, 2.24) is 4.98 Å². The molecule has 4 aromatic rings. The molecule has 5 nitrogen and oxygen atoms in total. The largest absolute Gasteiger partial charge is 0.573 e. The van der Waals surface area contributed by atoms with Gasteiger partial charge in [-0.2, -0.15) is 0 Å². The van der Waals surface area contributed by atoms with Crippen LogP contribution in [-0.2, 0) is 11.3 Å². The summed E-state index contributed by atoms with van der Waals surface area (Å²) < 4.78 is 51.3. The molecule has 0 atom stereocenters. The van der Waals surface area contributed by atoms with Gasteiger partial charge >= 0.3 is 12.3 Å². The zero-order valence-electron chi connectivity index (χ0n) is 16.5. The smallest absolute Gasteiger partial charge is 0.456 e. The number of alkyl halides is 3. The predicted octanol–water partition coefficient (Wildman–Crippen LogP) is 6.26. The number of hydrogen-bond acceptors (Lipinski definition) is 5. The van der Waals surface area contributed by atoms with Gasteiger partial charge in [0, 0.05) is 5.56 Å². The van der Waals surface area contributed by atoms with E-state index in [1.165, 1.54) is 30.5 Å². The average Bonchev–Trinajstić information content (AvgIpc) is 3.28. The van der Waals surface area contributed by atoms with Crippen LogP contribution in [0.5, 0.6) is 5.75 Å². The lowest BCUT2D eigenvalue weighted by Gasteiger charge is -2.09. The normalized spacial score (nSPS) is 11.2. The Morgan fingerprint density at radius 1 is 0.844 bits per heavy atom. The minimum atomic E-state index is -4.73. The number of nitrogens with zero attached hydrogens (tertiary/aromatic N) is 1. The fourth-order valence-electron chi connectivity index (χ4n) is 2.95. The first kappa shape index (κ1) is 21.2. The van der Waals surface area contributed by atoms with Crippen LogP contribution < -0.4 is 4.74 Å². The van der Waals surface area contributed by atoms with Gasteiger partial charge in [-0.1, -0.05) is 54.6 Å². The highest BCUT2D eigenvalue weighted by Crippen LogP contribution is 2.28. The zero-order valence-corrected chi connectivity index (χ0v) is 16.5. The SMILES string of the molecule is O=C(OCc1ccccc1)c1coc(-c2ccc(-c3ccc(OC(F)(F)F)cc3)cc2)n1. The maximum Gasteiger partial charge on any atom is 0.573 e. The molecule has 0 aliphatic rings. The molecular formula is C24H16F3NO4. The number of hydrogen-bond donors (Lipinski definition) is 0. The highest BCUT2D eigenvalue weighted by Gasteiger charge is 2.30. The Labute approximate surface area is 181 Å². The number of esters is 1. The third-order valence-electron chi connectivity index (χ3n) is 4.48. The van der Waals surface area contributed by atoms with E-state index in [0.717, 1.165) is 11.1 Å². The maximum absolute atomic E-state index is 12.3. The van der Waals surface area contributed by atoms with Gasteiger partial charge in [0.25, 0.3) is 0 Å². The van der Waals surface area contributed by atoms with E-state index in [-0.39, 0.29) is 23.9 Å². The Balaban J connectivity index is 1.41. The van der Waals surface area contributed by atoms with Crippen molar-refractivity contribution in [2.75, 3.05) is 0 Å². The minimum Gasteiger partial charge on any atom is -0.456 e. The molecule has 0 amide bonds. The van der Waals surface area contributed by atoms with Crippen molar-refractivity contribution >= 4 is 5.97 Å². The van der Waals surface area contributed by atoms with E-state index in [4.69, 9.17) is 9.15 Å². The minimum absolute atomic E-state index is 0.0558. The first-order valence-electron chi connectivity index (χ1n) is 9.50. The number of rotatable bonds is 6. The average molecular weight is 439 g/mol. The van der Waals surface area contributed by atoms with E-state index in [2.05, 4.69) is 9.72 Å². The molecule has 0 radical (unpaired) electrons. The van der Waals surface area contributed by atoms with E-state index in [1.807, 2.05) is 30.3 Å². The van der Waals surface area contributed by atoms with Gasteiger partial charge in [0.2, 0.25) is 5.89 Å². The van der Waals surface area contributed by atoms with Crippen LogP contribution in [0.25, 0.3) is 22.6 Å². The Morgan fingerprint density at radius 2 is 1.44 bits per heavy atom. The maximum atomic E-state index is 12.3. The molecule has 0 aliphatic carbocycles. The summed E-state index contributed by atoms with van der Waals surface area (Å²) >= 11 is 0. The van der Waals surface area contributed by atoms with Crippen LogP contribution in [-0.4, -0.2) is 17.3 Å². The number of benzene rings is 3. The van der Waals surface area contributed by atoms with Crippen LogP contribution in [0, 0.1) is 0 Å². The number of carbonyl (C=O) groups excluding carboxylic acids is 1. The van der Waals surface area contributed by atoms with Crippen LogP contribution in [0.3, 0.4) is 0 Å². The number of aromatic nitrogens is 1. The predicted molar refractivity (Wildman–Crippen MR) is 110 cm³/mol. The van der Waals surface area contributed by atoms with Crippen LogP contribution in [0.15, 0.2) is 89.5 Å². The molecule has 162 valence electrons. The van der Waals surface area contributed by atoms with Crippen LogP contribution in [0.4, 0.5) is 13.2 Å². The molecular weight excluding hydrogens is 423 g/mol. The summed E-state index contributed by atoms with van der Waals surface area (Å²) in [5.41, 5.74) is 3.04. The molecule has 3 aromatic carbocycles. The number of halogens is 3. The summed E-state index contributed by atoms with van der Waals surface area (Å²) in [6.45, 7) is 0.128. The lowest BCUT2D eigenvalue weighted by Crippen LogP contribution is -2.16. The first-order chi connectivity index (χ1) is 15.4. The summed E-state index contributed by atoms with van der Waals surface area (Å²) in [6.07, 6.45) is -3.50. The second kappa shape index (κ2) is 8.97. The van der Waals surface area contributed by atoms with E-state index >= 15 is 0 Å². The summed E-state index contributed by atoms with van der Waals surface area (Å²) in [6, 6.07) is 21.8. The third kappa shape index (κ3) is 5.34. The third-order valence-corrected chi connectivity index (χ3v) is 4.48.